The maximum Gasteiger partial charge on any atom is 0.289 e. The molecule has 0 aliphatic carbocycles. The van der Waals surface area contributed by atoms with Crippen LogP contribution < -0.4 is 10.9 Å². The summed E-state index contributed by atoms with van der Waals surface area (Å²) in [5, 5.41) is 4.43. The zero-order valence-electron chi connectivity index (χ0n) is 5.52. The molecule has 2 rings (SSSR count). The second-order valence-electron chi connectivity index (χ2n) is 2.47. The lowest BCUT2D eigenvalue weighted by Gasteiger charge is -2.04. The first-order chi connectivity index (χ1) is 4.88. The fourth-order valence-corrected chi connectivity index (χ4v) is 1.25. The molecular weight excluding hydrogens is 132 g/mol. The monoisotopic (exact) mass is 141 g/mol. The molecular formula is C6H9N2O2+. The molecule has 0 bridgehead atoms. The van der Waals surface area contributed by atoms with Crippen LogP contribution in [0.25, 0.3) is 0 Å². The summed E-state index contributed by atoms with van der Waals surface area (Å²) >= 11 is 0. The molecule has 1 aliphatic rings. The molecule has 2 heterocycles. The van der Waals surface area contributed by atoms with E-state index in [2.05, 4.69) is 10.5 Å². The second kappa shape index (κ2) is 1.98. The van der Waals surface area contributed by atoms with Gasteiger partial charge in [0.2, 0.25) is 0 Å². The molecule has 0 amide bonds. The van der Waals surface area contributed by atoms with E-state index < -0.39 is 0 Å². The first kappa shape index (κ1) is 5.73. The van der Waals surface area contributed by atoms with E-state index in [9.17, 15) is 4.79 Å². The Kier molecular flexibility index (Phi) is 1.14. The van der Waals surface area contributed by atoms with Crippen LogP contribution in [0, 0.1) is 0 Å². The van der Waals surface area contributed by atoms with Gasteiger partial charge < -0.3 is 9.84 Å². The van der Waals surface area contributed by atoms with Crippen LogP contribution in [0.5, 0.6) is 0 Å². The Balaban J connectivity index is 2.55. The van der Waals surface area contributed by atoms with Gasteiger partial charge in [-0.05, 0) is 0 Å². The zero-order chi connectivity index (χ0) is 6.97. The number of fused-ring (bicyclic) bond motifs is 1. The van der Waals surface area contributed by atoms with Crippen molar-refractivity contribution in [1.82, 2.24) is 5.16 Å². The van der Waals surface area contributed by atoms with Crippen molar-refractivity contribution in [3.63, 3.8) is 0 Å². The topological polar surface area (TPSA) is 62.6 Å². The van der Waals surface area contributed by atoms with Crippen molar-refractivity contribution in [3.05, 3.63) is 21.7 Å². The van der Waals surface area contributed by atoms with Crippen molar-refractivity contribution in [2.24, 2.45) is 0 Å². The van der Waals surface area contributed by atoms with Crippen molar-refractivity contribution in [2.75, 3.05) is 6.54 Å². The van der Waals surface area contributed by atoms with Crippen LogP contribution >= 0.6 is 0 Å². The van der Waals surface area contributed by atoms with Gasteiger partial charge in [-0.25, -0.2) is 0 Å². The van der Waals surface area contributed by atoms with Gasteiger partial charge >= 0.3 is 0 Å². The van der Waals surface area contributed by atoms with E-state index in [0.717, 1.165) is 30.8 Å². The summed E-state index contributed by atoms with van der Waals surface area (Å²) < 4.78 is 4.93. The SMILES string of the molecule is O=c1[nH]oc2c1C[NH2+]CC2. The molecule has 0 fully saturated rings. The summed E-state index contributed by atoms with van der Waals surface area (Å²) in [6.45, 7) is 1.79. The van der Waals surface area contributed by atoms with Gasteiger partial charge in [-0.2, -0.15) is 5.16 Å². The van der Waals surface area contributed by atoms with Crippen molar-refractivity contribution >= 4 is 0 Å². The predicted octanol–water partition coefficient (Wildman–Crippen LogP) is -1.41. The number of hydrogen-bond donors (Lipinski definition) is 2. The average Bonchev–Trinajstić information content (AvgIpc) is 2.34. The van der Waals surface area contributed by atoms with Gasteiger partial charge in [0.15, 0.2) is 5.76 Å². The molecule has 0 aromatic carbocycles. The Hall–Kier alpha value is -1.03. The Labute approximate surface area is 57.2 Å². The number of quaternary nitrogens is 1. The molecule has 10 heavy (non-hydrogen) atoms. The number of rotatable bonds is 0. The highest BCUT2D eigenvalue weighted by atomic mass is 16.5. The van der Waals surface area contributed by atoms with Gasteiger partial charge in [0.05, 0.1) is 13.0 Å². The third kappa shape index (κ3) is 0.690. The van der Waals surface area contributed by atoms with Crippen LogP contribution in [0.15, 0.2) is 9.32 Å². The Bertz CT molecular complexity index is 286. The summed E-state index contributed by atoms with van der Waals surface area (Å²) in [6, 6.07) is 0. The first-order valence-electron chi connectivity index (χ1n) is 3.39. The zero-order valence-corrected chi connectivity index (χ0v) is 5.52. The van der Waals surface area contributed by atoms with E-state index in [1.807, 2.05) is 0 Å². The summed E-state index contributed by atoms with van der Waals surface area (Å²) in [5.41, 5.74) is 0.747. The maximum atomic E-state index is 10.9. The fraction of sp³-hybridized carbons (Fsp3) is 0.500. The van der Waals surface area contributed by atoms with Crippen LogP contribution in [0.4, 0.5) is 0 Å². The summed E-state index contributed by atoms with van der Waals surface area (Å²) in [6.07, 6.45) is 0.869. The Morgan fingerprint density at radius 1 is 1.60 bits per heavy atom. The Morgan fingerprint density at radius 3 is 3.30 bits per heavy atom. The minimum atomic E-state index is -0.0639. The fourth-order valence-electron chi connectivity index (χ4n) is 1.25. The van der Waals surface area contributed by atoms with Crippen LogP contribution in [0.3, 0.4) is 0 Å². The number of nitrogens with one attached hydrogen (secondary N) is 1. The Morgan fingerprint density at radius 2 is 2.50 bits per heavy atom. The molecule has 0 spiro atoms. The maximum absolute atomic E-state index is 10.9. The third-order valence-electron chi connectivity index (χ3n) is 1.80. The predicted molar refractivity (Wildman–Crippen MR) is 33.5 cm³/mol. The molecule has 3 N–H and O–H groups in total. The van der Waals surface area contributed by atoms with Crippen LogP contribution in [0.1, 0.15) is 11.3 Å². The third-order valence-corrected chi connectivity index (χ3v) is 1.80. The average molecular weight is 141 g/mol. The van der Waals surface area contributed by atoms with Gasteiger partial charge in [0.1, 0.15) is 12.1 Å². The molecule has 1 aliphatic heterocycles. The van der Waals surface area contributed by atoms with Gasteiger partial charge in [-0.1, -0.05) is 0 Å². The van der Waals surface area contributed by atoms with Gasteiger partial charge in [-0.3, -0.25) is 4.79 Å². The molecule has 0 saturated heterocycles. The van der Waals surface area contributed by atoms with Crippen LogP contribution in [-0.2, 0) is 13.0 Å². The highest BCUT2D eigenvalue weighted by Gasteiger charge is 2.18. The molecule has 1 aromatic heterocycles. The minimum Gasteiger partial charge on any atom is -0.383 e. The van der Waals surface area contributed by atoms with E-state index >= 15 is 0 Å². The van der Waals surface area contributed by atoms with Gasteiger partial charge in [0, 0.05) is 0 Å². The van der Waals surface area contributed by atoms with Crippen molar-refractivity contribution < 1.29 is 9.84 Å². The summed E-state index contributed by atoms with van der Waals surface area (Å²) in [5.74, 6) is 0.840. The second-order valence-corrected chi connectivity index (χ2v) is 2.47. The van der Waals surface area contributed by atoms with Crippen LogP contribution in [0.2, 0.25) is 0 Å². The van der Waals surface area contributed by atoms with E-state index in [1.165, 1.54) is 0 Å². The van der Waals surface area contributed by atoms with Crippen molar-refractivity contribution in [3.8, 4) is 0 Å². The van der Waals surface area contributed by atoms with E-state index in [-0.39, 0.29) is 5.56 Å². The van der Waals surface area contributed by atoms with Crippen LogP contribution in [-0.4, -0.2) is 11.7 Å². The van der Waals surface area contributed by atoms with Crippen molar-refractivity contribution in [2.45, 2.75) is 13.0 Å². The smallest absolute Gasteiger partial charge is 0.289 e. The standard InChI is InChI=1S/C6H8N2O2/c9-6-4-3-7-2-1-5(4)10-8-6/h7H,1-3H2,(H,8,9)/p+1. The molecule has 0 atom stereocenters. The minimum absolute atomic E-state index is 0.0639. The number of aromatic nitrogens is 1. The lowest BCUT2D eigenvalue weighted by molar-refractivity contribution is -0.673. The largest absolute Gasteiger partial charge is 0.383 e. The van der Waals surface area contributed by atoms with E-state index in [1.54, 1.807) is 0 Å². The highest BCUT2D eigenvalue weighted by Crippen LogP contribution is 2.03. The first-order valence-corrected chi connectivity index (χ1v) is 3.39. The number of H-pyrrole nitrogens is 1. The molecule has 0 saturated carbocycles. The lowest BCUT2D eigenvalue weighted by Crippen LogP contribution is -2.84. The number of hydrogen-bond acceptors (Lipinski definition) is 2. The molecule has 1 aromatic rings. The molecule has 4 heteroatoms. The highest BCUT2D eigenvalue weighted by molar-refractivity contribution is 5.13. The molecule has 0 unspecified atom stereocenters. The summed E-state index contributed by atoms with van der Waals surface area (Å²) in [4.78, 5) is 10.9. The lowest BCUT2D eigenvalue weighted by atomic mass is 10.1. The summed E-state index contributed by atoms with van der Waals surface area (Å²) in [7, 11) is 0. The molecule has 54 valence electrons. The van der Waals surface area contributed by atoms with Crippen molar-refractivity contribution in [1.29, 1.82) is 0 Å². The van der Waals surface area contributed by atoms with E-state index in [4.69, 9.17) is 4.52 Å². The quantitative estimate of drug-likeness (QED) is 0.466. The van der Waals surface area contributed by atoms with E-state index in [0.29, 0.717) is 0 Å². The number of aromatic amines is 1. The van der Waals surface area contributed by atoms with Gasteiger partial charge in [0.25, 0.3) is 5.56 Å². The molecule has 4 nitrogen and oxygen atoms in total. The molecule has 0 radical (unpaired) electrons. The number of nitrogens with two attached hydrogens (primary N) is 1. The van der Waals surface area contributed by atoms with Gasteiger partial charge in [-0.15, -0.1) is 0 Å². The normalized spacial score (nSPS) is 16.8.